The standard InChI is InChI=1S/C12H18N2O2/c1-12(2)8-10(7-11(15)9-12)13-14-3-5-16-6-4-14/h3,5,7,13H,4,6,8-9H2,1-2H3. The van der Waals surface area contributed by atoms with Crippen LogP contribution in [0.2, 0.25) is 0 Å². The van der Waals surface area contributed by atoms with Gasteiger partial charge in [-0.1, -0.05) is 13.8 Å². The van der Waals surface area contributed by atoms with Crippen molar-refractivity contribution in [1.29, 1.82) is 0 Å². The second-order valence-electron chi connectivity index (χ2n) is 5.11. The Labute approximate surface area is 95.9 Å². The minimum absolute atomic E-state index is 0.0597. The number of ketones is 1. The maximum Gasteiger partial charge on any atom is 0.158 e. The lowest BCUT2D eigenvalue weighted by Crippen LogP contribution is -2.39. The summed E-state index contributed by atoms with van der Waals surface area (Å²) < 4.78 is 5.10. The van der Waals surface area contributed by atoms with Gasteiger partial charge in [-0.15, -0.1) is 0 Å². The summed E-state index contributed by atoms with van der Waals surface area (Å²) in [6.45, 7) is 5.71. The smallest absolute Gasteiger partial charge is 0.158 e. The number of rotatable bonds is 2. The summed E-state index contributed by atoms with van der Waals surface area (Å²) in [4.78, 5) is 11.6. The average molecular weight is 222 g/mol. The van der Waals surface area contributed by atoms with Crippen molar-refractivity contribution in [2.24, 2.45) is 5.41 Å². The van der Waals surface area contributed by atoms with E-state index in [-0.39, 0.29) is 11.2 Å². The quantitative estimate of drug-likeness (QED) is 0.770. The minimum Gasteiger partial charge on any atom is -0.498 e. The Hall–Kier alpha value is -1.45. The van der Waals surface area contributed by atoms with Gasteiger partial charge in [0.1, 0.15) is 12.9 Å². The van der Waals surface area contributed by atoms with E-state index in [9.17, 15) is 4.79 Å². The summed E-state index contributed by atoms with van der Waals surface area (Å²) >= 11 is 0. The molecule has 0 atom stereocenters. The monoisotopic (exact) mass is 222 g/mol. The van der Waals surface area contributed by atoms with Crippen LogP contribution in [0.15, 0.2) is 24.2 Å². The summed E-state index contributed by atoms with van der Waals surface area (Å²) in [5.41, 5.74) is 4.30. The van der Waals surface area contributed by atoms with Crippen LogP contribution in [-0.4, -0.2) is 23.9 Å². The van der Waals surface area contributed by atoms with Crippen molar-refractivity contribution in [1.82, 2.24) is 10.4 Å². The third kappa shape index (κ3) is 2.78. The van der Waals surface area contributed by atoms with Crippen molar-refractivity contribution in [2.45, 2.75) is 26.7 Å². The molecule has 1 aliphatic carbocycles. The van der Waals surface area contributed by atoms with E-state index in [1.54, 1.807) is 12.3 Å². The average Bonchev–Trinajstić information content (AvgIpc) is 2.15. The van der Waals surface area contributed by atoms with Crippen LogP contribution in [0.25, 0.3) is 0 Å². The van der Waals surface area contributed by atoms with Gasteiger partial charge in [-0.3, -0.25) is 9.80 Å². The van der Waals surface area contributed by atoms with E-state index in [0.717, 1.165) is 18.7 Å². The Balaban J connectivity index is 2.01. The number of hydrogen-bond acceptors (Lipinski definition) is 4. The maximum absolute atomic E-state index is 11.6. The minimum atomic E-state index is 0.0597. The van der Waals surface area contributed by atoms with Crippen molar-refractivity contribution in [3.8, 4) is 0 Å². The number of carbonyl (C=O) groups is 1. The number of hydrogen-bond donors (Lipinski definition) is 1. The third-order valence-electron chi connectivity index (χ3n) is 2.73. The van der Waals surface area contributed by atoms with Gasteiger partial charge < -0.3 is 10.2 Å². The number of carbonyl (C=O) groups excluding carboxylic acids is 1. The van der Waals surface area contributed by atoms with Crippen LogP contribution in [0.4, 0.5) is 0 Å². The molecule has 1 aliphatic heterocycles. The molecule has 0 saturated carbocycles. The first kappa shape index (κ1) is 11.0. The maximum atomic E-state index is 11.6. The molecule has 0 aromatic rings. The van der Waals surface area contributed by atoms with E-state index in [1.807, 2.05) is 11.2 Å². The van der Waals surface area contributed by atoms with Crippen LogP contribution in [0.1, 0.15) is 26.7 Å². The zero-order valence-electron chi connectivity index (χ0n) is 9.82. The Morgan fingerprint density at radius 1 is 1.44 bits per heavy atom. The number of ether oxygens (including phenoxy) is 1. The Morgan fingerprint density at radius 2 is 2.25 bits per heavy atom. The molecule has 1 N–H and O–H groups in total. The van der Waals surface area contributed by atoms with Crippen LogP contribution in [0, 0.1) is 5.41 Å². The van der Waals surface area contributed by atoms with Crippen LogP contribution < -0.4 is 5.43 Å². The van der Waals surface area contributed by atoms with E-state index in [0.29, 0.717) is 13.0 Å². The van der Waals surface area contributed by atoms with Crippen molar-refractivity contribution >= 4 is 5.78 Å². The van der Waals surface area contributed by atoms with Crippen molar-refractivity contribution < 1.29 is 9.53 Å². The molecule has 2 aliphatic rings. The van der Waals surface area contributed by atoms with E-state index in [2.05, 4.69) is 19.3 Å². The number of allylic oxidation sites excluding steroid dienone is 2. The van der Waals surface area contributed by atoms with Crippen molar-refractivity contribution in [2.75, 3.05) is 13.2 Å². The van der Waals surface area contributed by atoms with E-state index < -0.39 is 0 Å². The Bertz CT molecular complexity index is 345. The molecule has 0 spiro atoms. The van der Waals surface area contributed by atoms with Gasteiger partial charge >= 0.3 is 0 Å². The SMILES string of the molecule is CC1(C)CC(=O)C=C(NN2C=COCC2)C1. The molecular weight excluding hydrogens is 204 g/mol. The van der Waals surface area contributed by atoms with Gasteiger partial charge in [0.05, 0.1) is 12.7 Å². The molecule has 0 bridgehead atoms. The van der Waals surface area contributed by atoms with Gasteiger partial charge in [-0.2, -0.15) is 0 Å². The lowest BCUT2D eigenvalue weighted by molar-refractivity contribution is -0.117. The molecule has 0 unspecified atom stereocenters. The predicted molar refractivity (Wildman–Crippen MR) is 61.0 cm³/mol. The lowest BCUT2D eigenvalue weighted by Gasteiger charge is -2.33. The molecule has 0 saturated heterocycles. The van der Waals surface area contributed by atoms with Gasteiger partial charge in [0.15, 0.2) is 5.78 Å². The fraction of sp³-hybridized carbons (Fsp3) is 0.583. The number of hydrazine groups is 1. The van der Waals surface area contributed by atoms with Crippen LogP contribution in [-0.2, 0) is 9.53 Å². The lowest BCUT2D eigenvalue weighted by atomic mass is 9.79. The highest BCUT2D eigenvalue weighted by atomic mass is 16.5. The zero-order valence-corrected chi connectivity index (χ0v) is 9.82. The largest absolute Gasteiger partial charge is 0.498 e. The van der Waals surface area contributed by atoms with E-state index in [4.69, 9.17) is 4.74 Å². The molecule has 4 heteroatoms. The summed E-state index contributed by atoms with van der Waals surface area (Å²) in [6, 6.07) is 0. The Kier molecular flexibility index (Phi) is 2.90. The second kappa shape index (κ2) is 4.20. The van der Waals surface area contributed by atoms with E-state index >= 15 is 0 Å². The summed E-state index contributed by atoms with van der Waals surface area (Å²) in [6.07, 6.45) is 6.76. The van der Waals surface area contributed by atoms with Crippen molar-refractivity contribution in [3.63, 3.8) is 0 Å². The fourth-order valence-electron chi connectivity index (χ4n) is 2.11. The molecule has 88 valence electrons. The van der Waals surface area contributed by atoms with Crippen LogP contribution >= 0.6 is 0 Å². The summed E-state index contributed by atoms with van der Waals surface area (Å²) in [5.74, 6) is 0.205. The molecule has 0 fully saturated rings. The predicted octanol–water partition coefficient (Wildman–Crippen LogP) is 1.57. The molecule has 1 heterocycles. The first-order chi connectivity index (χ1) is 7.55. The Morgan fingerprint density at radius 3 is 2.88 bits per heavy atom. The van der Waals surface area contributed by atoms with Gasteiger partial charge in [0, 0.05) is 18.2 Å². The summed E-state index contributed by atoms with van der Waals surface area (Å²) in [7, 11) is 0. The fourth-order valence-corrected chi connectivity index (χ4v) is 2.11. The number of nitrogens with one attached hydrogen (secondary N) is 1. The van der Waals surface area contributed by atoms with Crippen LogP contribution in [0.3, 0.4) is 0 Å². The first-order valence-corrected chi connectivity index (χ1v) is 5.60. The van der Waals surface area contributed by atoms with Gasteiger partial charge in [0.25, 0.3) is 0 Å². The molecule has 0 aromatic heterocycles. The molecular formula is C12H18N2O2. The highest BCUT2D eigenvalue weighted by Gasteiger charge is 2.27. The molecule has 4 nitrogen and oxygen atoms in total. The topological polar surface area (TPSA) is 41.6 Å². The molecule has 0 aromatic carbocycles. The molecule has 0 amide bonds. The van der Waals surface area contributed by atoms with Crippen LogP contribution in [0.5, 0.6) is 0 Å². The number of nitrogens with zero attached hydrogens (tertiary/aromatic N) is 1. The molecule has 0 radical (unpaired) electrons. The first-order valence-electron chi connectivity index (χ1n) is 5.60. The molecule has 2 rings (SSSR count). The van der Waals surface area contributed by atoms with Gasteiger partial charge in [-0.05, 0) is 11.8 Å². The normalized spacial score (nSPS) is 23.8. The highest BCUT2D eigenvalue weighted by Crippen LogP contribution is 2.32. The van der Waals surface area contributed by atoms with Crippen molar-refractivity contribution in [3.05, 3.63) is 24.2 Å². The molecule has 16 heavy (non-hydrogen) atoms. The highest BCUT2D eigenvalue weighted by molar-refractivity contribution is 5.91. The van der Waals surface area contributed by atoms with Gasteiger partial charge in [0.2, 0.25) is 0 Å². The third-order valence-corrected chi connectivity index (χ3v) is 2.73. The second-order valence-corrected chi connectivity index (χ2v) is 5.11. The van der Waals surface area contributed by atoms with Gasteiger partial charge in [-0.25, -0.2) is 0 Å². The zero-order chi connectivity index (χ0) is 11.6. The van der Waals surface area contributed by atoms with E-state index in [1.165, 1.54) is 0 Å². The summed E-state index contributed by atoms with van der Waals surface area (Å²) in [5, 5.41) is 1.95.